The normalized spacial score (nSPS) is 29.3. The van der Waals surface area contributed by atoms with E-state index in [1.165, 1.54) is 7.11 Å². The molecular weight excluding hydrogens is 377 g/mol. The number of fused-ring (bicyclic) bond motifs is 1. The maximum Gasteiger partial charge on any atom is 0.331 e. The molecule has 2 aromatic rings. The van der Waals surface area contributed by atoms with Crippen molar-refractivity contribution in [3.05, 3.63) is 69.2 Å². The highest BCUT2D eigenvalue weighted by Gasteiger charge is 2.69. The van der Waals surface area contributed by atoms with Crippen LogP contribution in [-0.2, 0) is 19.0 Å². The van der Waals surface area contributed by atoms with Crippen LogP contribution in [0.15, 0.2) is 42.5 Å². The number of hydrogen-bond acceptors (Lipinski definition) is 5. The number of carbonyl (C=O) groups is 1. The molecule has 0 amide bonds. The van der Waals surface area contributed by atoms with Gasteiger partial charge in [-0.25, -0.2) is 4.79 Å². The van der Waals surface area contributed by atoms with Crippen molar-refractivity contribution in [2.75, 3.05) is 14.2 Å². The first-order valence-electron chi connectivity index (χ1n) is 8.11. The summed E-state index contributed by atoms with van der Waals surface area (Å²) in [7, 11) is 2.92. The maximum atomic E-state index is 12.8. The lowest BCUT2D eigenvalue weighted by atomic mass is 9.88. The zero-order valence-corrected chi connectivity index (χ0v) is 15.7. The highest BCUT2D eigenvalue weighted by Crippen LogP contribution is 2.58. The molecule has 1 N–H and O–H groups in total. The Morgan fingerprint density at radius 3 is 2.35 bits per heavy atom. The molecule has 2 aromatic carbocycles. The van der Waals surface area contributed by atoms with Gasteiger partial charge in [-0.3, -0.25) is 5.32 Å². The summed E-state index contributed by atoms with van der Waals surface area (Å²) in [5, 5.41) is 4.20. The van der Waals surface area contributed by atoms with Crippen LogP contribution in [0.3, 0.4) is 0 Å². The number of benzene rings is 2. The van der Waals surface area contributed by atoms with Crippen molar-refractivity contribution in [3.63, 3.8) is 0 Å². The van der Waals surface area contributed by atoms with Crippen molar-refractivity contribution in [1.29, 1.82) is 0 Å². The van der Waals surface area contributed by atoms with Crippen molar-refractivity contribution in [2.24, 2.45) is 0 Å². The third kappa shape index (κ3) is 2.47. The van der Waals surface area contributed by atoms with Crippen LogP contribution in [0.4, 0.5) is 0 Å². The molecule has 2 aliphatic rings. The molecule has 136 valence electrons. The van der Waals surface area contributed by atoms with E-state index in [-0.39, 0.29) is 0 Å². The Morgan fingerprint density at radius 2 is 1.73 bits per heavy atom. The first-order chi connectivity index (χ1) is 12.5. The summed E-state index contributed by atoms with van der Waals surface area (Å²) in [6, 6.07) is 12.5. The lowest BCUT2D eigenvalue weighted by Crippen LogP contribution is -2.37. The van der Waals surface area contributed by atoms with Gasteiger partial charge in [0.15, 0.2) is 11.8 Å². The Bertz CT molecular complexity index is 854. The van der Waals surface area contributed by atoms with Gasteiger partial charge in [-0.1, -0.05) is 53.5 Å². The van der Waals surface area contributed by atoms with E-state index in [2.05, 4.69) is 5.32 Å². The van der Waals surface area contributed by atoms with E-state index < -0.39 is 29.9 Å². The second kappa shape index (κ2) is 6.51. The predicted octanol–water partition coefficient (Wildman–Crippen LogP) is 3.97. The monoisotopic (exact) mass is 393 g/mol. The topological polar surface area (TPSA) is 66.7 Å². The number of esters is 1. The quantitative estimate of drug-likeness (QED) is 0.628. The van der Waals surface area contributed by atoms with Crippen LogP contribution in [0.2, 0.25) is 10.0 Å². The molecule has 4 rings (SSSR count). The summed E-state index contributed by atoms with van der Waals surface area (Å²) >= 11 is 12.7. The molecule has 1 fully saturated rings. The fourth-order valence-corrected chi connectivity index (χ4v) is 4.35. The van der Waals surface area contributed by atoms with E-state index >= 15 is 0 Å². The van der Waals surface area contributed by atoms with Gasteiger partial charge < -0.3 is 14.2 Å². The third-order valence-electron chi connectivity index (χ3n) is 4.99. The second-order valence-electron chi connectivity index (χ2n) is 6.29. The van der Waals surface area contributed by atoms with Gasteiger partial charge in [-0.05, 0) is 17.7 Å². The van der Waals surface area contributed by atoms with Gasteiger partial charge in [0.05, 0.1) is 13.2 Å². The molecule has 0 unspecified atom stereocenters. The third-order valence-corrected chi connectivity index (χ3v) is 5.65. The maximum absolute atomic E-state index is 12.8. The lowest BCUT2D eigenvalue weighted by molar-refractivity contribution is -0.168. The number of carbonyl (C=O) groups excluding carboxylic acids is 1. The lowest BCUT2D eigenvalue weighted by Gasteiger charge is -2.22. The SMILES string of the molecule is COC(=O)[C@@]1([C@H]2O[C@@H](OC)c3ccccc32)N[C@H]1c1c(Cl)cccc1Cl. The van der Waals surface area contributed by atoms with E-state index in [0.29, 0.717) is 15.6 Å². The van der Waals surface area contributed by atoms with Crippen molar-refractivity contribution in [3.8, 4) is 0 Å². The first-order valence-corrected chi connectivity index (χ1v) is 8.87. The molecule has 0 bridgehead atoms. The van der Waals surface area contributed by atoms with Gasteiger partial charge in [0.25, 0.3) is 0 Å². The highest BCUT2D eigenvalue weighted by molar-refractivity contribution is 6.36. The summed E-state index contributed by atoms with van der Waals surface area (Å²) in [5.74, 6) is -0.435. The van der Waals surface area contributed by atoms with Crippen LogP contribution < -0.4 is 5.32 Å². The number of nitrogens with one attached hydrogen (secondary N) is 1. The van der Waals surface area contributed by atoms with Crippen LogP contribution in [0.5, 0.6) is 0 Å². The Balaban J connectivity index is 1.81. The number of halogens is 2. The minimum Gasteiger partial charge on any atom is -0.467 e. The van der Waals surface area contributed by atoms with Gasteiger partial charge in [0, 0.05) is 28.3 Å². The fraction of sp³-hybridized carbons (Fsp3) is 0.316. The molecule has 0 saturated carbocycles. The largest absolute Gasteiger partial charge is 0.467 e. The van der Waals surface area contributed by atoms with Crippen LogP contribution in [0, 0.1) is 0 Å². The molecule has 4 atom stereocenters. The van der Waals surface area contributed by atoms with E-state index in [4.69, 9.17) is 37.4 Å². The van der Waals surface area contributed by atoms with E-state index in [1.54, 1.807) is 25.3 Å². The van der Waals surface area contributed by atoms with Gasteiger partial charge in [-0.15, -0.1) is 0 Å². The Morgan fingerprint density at radius 1 is 1.08 bits per heavy atom. The molecule has 7 heteroatoms. The minimum atomic E-state index is -1.12. The predicted molar refractivity (Wildman–Crippen MR) is 97.1 cm³/mol. The Hall–Kier alpha value is -1.63. The molecule has 26 heavy (non-hydrogen) atoms. The minimum absolute atomic E-state index is 0.426. The number of rotatable bonds is 4. The fourth-order valence-electron chi connectivity index (χ4n) is 3.73. The molecule has 0 radical (unpaired) electrons. The zero-order chi connectivity index (χ0) is 18.5. The van der Waals surface area contributed by atoms with Crippen LogP contribution in [-0.4, -0.2) is 25.7 Å². The molecule has 0 aromatic heterocycles. The van der Waals surface area contributed by atoms with Crippen LogP contribution in [0.25, 0.3) is 0 Å². The van der Waals surface area contributed by atoms with Crippen molar-refractivity contribution >= 4 is 29.2 Å². The summed E-state index contributed by atoms with van der Waals surface area (Å²) in [6.07, 6.45) is -1.14. The van der Waals surface area contributed by atoms with Crippen LogP contribution >= 0.6 is 23.2 Å². The Kier molecular flexibility index (Phi) is 4.45. The molecule has 5 nitrogen and oxygen atoms in total. The van der Waals surface area contributed by atoms with Crippen LogP contribution in [0.1, 0.15) is 35.1 Å². The molecule has 0 aliphatic carbocycles. The second-order valence-corrected chi connectivity index (χ2v) is 7.10. The average Bonchev–Trinajstić information content (AvgIpc) is 3.26. The van der Waals surface area contributed by atoms with E-state index in [0.717, 1.165) is 11.1 Å². The highest BCUT2D eigenvalue weighted by atomic mass is 35.5. The van der Waals surface area contributed by atoms with E-state index in [1.807, 2.05) is 24.3 Å². The first kappa shape index (κ1) is 17.8. The van der Waals surface area contributed by atoms with Gasteiger partial charge in [0.2, 0.25) is 0 Å². The smallest absolute Gasteiger partial charge is 0.331 e. The number of methoxy groups -OCH3 is 2. The molecule has 2 aliphatic heterocycles. The van der Waals surface area contributed by atoms with Gasteiger partial charge >= 0.3 is 5.97 Å². The zero-order valence-electron chi connectivity index (χ0n) is 14.2. The molecule has 1 saturated heterocycles. The number of hydrogen-bond donors (Lipinski definition) is 1. The van der Waals surface area contributed by atoms with Crippen molar-refractivity contribution in [2.45, 2.75) is 24.0 Å². The molecule has 0 spiro atoms. The van der Waals surface area contributed by atoms with Crippen molar-refractivity contribution < 1.29 is 19.0 Å². The van der Waals surface area contributed by atoms with E-state index in [9.17, 15) is 4.79 Å². The summed E-state index contributed by atoms with van der Waals surface area (Å²) in [6.45, 7) is 0. The molecular formula is C19H17Cl2NO4. The van der Waals surface area contributed by atoms with Crippen molar-refractivity contribution in [1.82, 2.24) is 5.32 Å². The standard InChI is InChI=1S/C19H17Cl2NO4/c1-24-17-11-7-4-3-6-10(11)16(26-17)19(18(23)25-2)15(22-19)14-12(20)8-5-9-13(14)21/h3-9,15-17,22H,1-2H3/t15-,16-,17+,19+/m0/s1. The molecule has 2 heterocycles. The summed E-state index contributed by atoms with van der Waals surface area (Å²) in [5.41, 5.74) is 1.30. The summed E-state index contributed by atoms with van der Waals surface area (Å²) in [4.78, 5) is 12.8. The van der Waals surface area contributed by atoms with Gasteiger partial charge in [0.1, 0.15) is 6.10 Å². The number of ether oxygens (including phenoxy) is 3. The van der Waals surface area contributed by atoms with Gasteiger partial charge in [-0.2, -0.15) is 0 Å². The summed E-state index contributed by atoms with van der Waals surface area (Å²) < 4.78 is 16.6. The average molecular weight is 394 g/mol. The Labute approximate surface area is 161 Å².